The van der Waals surface area contributed by atoms with Gasteiger partial charge in [-0.1, -0.05) is 15.9 Å². The third-order valence-corrected chi connectivity index (χ3v) is 3.26. The van der Waals surface area contributed by atoms with Gasteiger partial charge in [-0.05, 0) is 37.5 Å². The average Bonchev–Trinajstić information content (AvgIpc) is 2.38. The SMILES string of the molecule is N#Cc1ccc(Br)cc1OCC1CCCCO1. The summed E-state index contributed by atoms with van der Waals surface area (Å²) in [7, 11) is 0. The second-order valence-corrected chi connectivity index (χ2v) is 4.97. The van der Waals surface area contributed by atoms with Crippen molar-refractivity contribution in [2.45, 2.75) is 25.4 Å². The first-order valence-electron chi connectivity index (χ1n) is 5.73. The summed E-state index contributed by atoms with van der Waals surface area (Å²) in [6.07, 6.45) is 3.53. The van der Waals surface area contributed by atoms with Gasteiger partial charge in [0.05, 0.1) is 11.7 Å². The van der Waals surface area contributed by atoms with Crippen LogP contribution in [0.1, 0.15) is 24.8 Å². The molecule has 4 heteroatoms. The van der Waals surface area contributed by atoms with Crippen LogP contribution in [0, 0.1) is 11.3 Å². The molecular weight excluding hydrogens is 282 g/mol. The molecular formula is C13H14BrNO2. The number of halogens is 1. The van der Waals surface area contributed by atoms with E-state index in [2.05, 4.69) is 22.0 Å². The van der Waals surface area contributed by atoms with Crippen molar-refractivity contribution < 1.29 is 9.47 Å². The molecule has 1 aliphatic heterocycles. The van der Waals surface area contributed by atoms with Crippen molar-refractivity contribution in [3.8, 4) is 11.8 Å². The zero-order valence-electron chi connectivity index (χ0n) is 9.49. The van der Waals surface area contributed by atoms with Crippen molar-refractivity contribution in [3.63, 3.8) is 0 Å². The van der Waals surface area contributed by atoms with Crippen LogP contribution >= 0.6 is 15.9 Å². The van der Waals surface area contributed by atoms with Crippen molar-refractivity contribution in [1.82, 2.24) is 0 Å². The number of ether oxygens (including phenoxy) is 2. The number of benzene rings is 1. The Labute approximate surface area is 109 Å². The smallest absolute Gasteiger partial charge is 0.138 e. The third-order valence-electron chi connectivity index (χ3n) is 2.76. The molecule has 1 saturated heterocycles. The first-order chi connectivity index (χ1) is 8.29. The number of hydrogen-bond acceptors (Lipinski definition) is 3. The van der Waals surface area contributed by atoms with Crippen LogP contribution in [0.5, 0.6) is 5.75 Å². The lowest BCUT2D eigenvalue weighted by atomic mass is 10.1. The Balaban J connectivity index is 1.98. The molecule has 0 aromatic heterocycles. The molecule has 1 aromatic carbocycles. The molecule has 0 amide bonds. The molecule has 1 fully saturated rings. The minimum Gasteiger partial charge on any atom is -0.489 e. The molecule has 0 aliphatic carbocycles. The molecule has 17 heavy (non-hydrogen) atoms. The maximum Gasteiger partial charge on any atom is 0.138 e. The predicted octanol–water partition coefficient (Wildman–Crippen LogP) is 3.27. The first-order valence-corrected chi connectivity index (χ1v) is 6.53. The summed E-state index contributed by atoms with van der Waals surface area (Å²) < 4.78 is 12.2. The van der Waals surface area contributed by atoms with Gasteiger partial charge in [-0.2, -0.15) is 5.26 Å². The first kappa shape index (κ1) is 12.4. The fourth-order valence-corrected chi connectivity index (χ4v) is 2.17. The number of rotatable bonds is 3. The number of nitriles is 1. The molecule has 0 radical (unpaired) electrons. The summed E-state index contributed by atoms with van der Waals surface area (Å²) in [5.41, 5.74) is 0.559. The lowest BCUT2D eigenvalue weighted by Gasteiger charge is -2.22. The Morgan fingerprint density at radius 2 is 2.35 bits per heavy atom. The van der Waals surface area contributed by atoms with Crippen molar-refractivity contribution >= 4 is 15.9 Å². The molecule has 1 unspecified atom stereocenters. The Bertz CT molecular complexity index is 422. The molecule has 2 rings (SSSR count). The highest BCUT2D eigenvalue weighted by Gasteiger charge is 2.15. The van der Waals surface area contributed by atoms with Crippen LogP contribution in [0.3, 0.4) is 0 Å². The molecule has 0 N–H and O–H groups in total. The zero-order chi connectivity index (χ0) is 12.1. The minimum absolute atomic E-state index is 0.161. The Morgan fingerprint density at radius 1 is 1.47 bits per heavy atom. The van der Waals surface area contributed by atoms with Gasteiger partial charge in [-0.25, -0.2) is 0 Å². The predicted molar refractivity (Wildman–Crippen MR) is 67.9 cm³/mol. The Kier molecular flexibility index (Phi) is 4.41. The van der Waals surface area contributed by atoms with Crippen LogP contribution in [0.15, 0.2) is 22.7 Å². The number of hydrogen-bond donors (Lipinski definition) is 0. The standard InChI is InChI=1S/C13H14BrNO2/c14-11-5-4-10(8-15)13(7-11)17-9-12-3-1-2-6-16-12/h4-5,7,12H,1-3,6,9H2. The monoisotopic (exact) mass is 295 g/mol. The fraction of sp³-hybridized carbons (Fsp3) is 0.462. The topological polar surface area (TPSA) is 42.2 Å². The van der Waals surface area contributed by atoms with Crippen LogP contribution in [-0.2, 0) is 4.74 Å². The van der Waals surface area contributed by atoms with Crippen molar-refractivity contribution in [1.29, 1.82) is 5.26 Å². The maximum atomic E-state index is 8.97. The maximum absolute atomic E-state index is 8.97. The van der Waals surface area contributed by atoms with Gasteiger partial charge in [0.2, 0.25) is 0 Å². The Hall–Kier alpha value is -1.05. The lowest BCUT2D eigenvalue weighted by Crippen LogP contribution is -2.25. The second-order valence-electron chi connectivity index (χ2n) is 4.05. The van der Waals surface area contributed by atoms with E-state index in [4.69, 9.17) is 14.7 Å². The summed E-state index contributed by atoms with van der Waals surface area (Å²) in [6.45, 7) is 1.34. The molecule has 0 spiro atoms. The molecule has 1 atom stereocenters. The largest absolute Gasteiger partial charge is 0.489 e. The van der Waals surface area contributed by atoms with Crippen LogP contribution in [-0.4, -0.2) is 19.3 Å². The van der Waals surface area contributed by atoms with E-state index in [0.717, 1.165) is 23.9 Å². The van der Waals surface area contributed by atoms with Crippen LogP contribution in [0.4, 0.5) is 0 Å². The molecule has 1 heterocycles. The fourth-order valence-electron chi connectivity index (χ4n) is 1.83. The normalized spacial score (nSPS) is 19.6. The summed E-state index contributed by atoms with van der Waals surface area (Å²) in [5, 5.41) is 8.97. The van der Waals surface area contributed by atoms with Gasteiger partial charge in [0.1, 0.15) is 18.4 Å². The highest BCUT2D eigenvalue weighted by molar-refractivity contribution is 9.10. The van der Waals surface area contributed by atoms with Gasteiger partial charge < -0.3 is 9.47 Å². The molecule has 1 aromatic rings. The zero-order valence-corrected chi connectivity index (χ0v) is 11.1. The van der Waals surface area contributed by atoms with E-state index in [1.165, 1.54) is 6.42 Å². The van der Waals surface area contributed by atoms with E-state index in [-0.39, 0.29) is 6.10 Å². The number of nitrogens with zero attached hydrogens (tertiary/aromatic N) is 1. The van der Waals surface area contributed by atoms with Crippen molar-refractivity contribution in [2.24, 2.45) is 0 Å². The third kappa shape index (κ3) is 3.45. The summed E-state index contributed by atoms with van der Waals surface area (Å²) in [4.78, 5) is 0. The van der Waals surface area contributed by atoms with Gasteiger partial charge in [-0.3, -0.25) is 0 Å². The minimum atomic E-state index is 0.161. The molecule has 0 bridgehead atoms. The highest BCUT2D eigenvalue weighted by atomic mass is 79.9. The van der Waals surface area contributed by atoms with Gasteiger partial charge in [0, 0.05) is 11.1 Å². The second kappa shape index (κ2) is 6.04. The van der Waals surface area contributed by atoms with E-state index in [9.17, 15) is 0 Å². The van der Waals surface area contributed by atoms with Crippen molar-refractivity contribution in [2.75, 3.05) is 13.2 Å². The lowest BCUT2D eigenvalue weighted by molar-refractivity contribution is -0.0111. The van der Waals surface area contributed by atoms with E-state index in [1.54, 1.807) is 6.07 Å². The molecule has 0 saturated carbocycles. The van der Waals surface area contributed by atoms with Gasteiger partial charge in [0.25, 0.3) is 0 Å². The van der Waals surface area contributed by atoms with Crippen molar-refractivity contribution in [3.05, 3.63) is 28.2 Å². The van der Waals surface area contributed by atoms with E-state index < -0.39 is 0 Å². The molecule has 1 aliphatic rings. The van der Waals surface area contributed by atoms with Crippen LogP contribution in [0.2, 0.25) is 0 Å². The van der Waals surface area contributed by atoms with E-state index in [0.29, 0.717) is 17.9 Å². The quantitative estimate of drug-likeness (QED) is 0.859. The van der Waals surface area contributed by atoms with Gasteiger partial charge in [0.15, 0.2) is 0 Å². The van der Waals surface area contributed by atoms with E-state index >= 15 is 0 Å². The summed E-state index contributed by atoms with van der Waals surface area (Å²) in [6, 6.07) is 7.53. The summed E-state index contributed by atoms with van der Waals surface area (Å²) >= 11 is 3.37. The van der Waals surface area contributed by atoms with Crippen LogP contribution < -0.4 is 4.74 Å². The summed E-state index contributed by atoms with van der Waals surface area (Å²) in [5.74, 6) is 0.621. The van der Waals surface area contributed by atoms with E-state index in [1.807, 2.05) is 12.1 Å². The van der Waals surface area contributed by atoms with Gasteiger partial charge >= 0.3 is 0 Å². The van der Waals surface area contributed by atoms with Gasteiger partial charge in [-0.15, -0.1) is 0 Å². The molecule has 3 nitrogen and oxygen atoms in total. The highest BCUT2D eigenvalue weighted by Crippen LogP contribution is 2.24. The Morgan fingerprint density at radius 3 is 3.06 bits per heavy atom. The average molecular weight is 296 g/mol. The van der Waals surface area contributed by atoms with Crippen LogP contribution in [0.25, 0.3) is 0 Å². The molecule has 90 valence electrons.